The molecule has 1 aliphatic rings. The van der Waals surface area contributed by atoms with Crippen molar-refractivity contribution in [3.8, 4) is 17.2 Å². The molecule has 8 nitrogen and oxygen atoms in total. The summed E-state index contributed by atoms with van der Waals surface area (Å²) < 4.78 is 44.1. The lowest BCUT2D eigenvalue weighted by molar-refractivity contribution is -0.116. The molecule has 0 fully saturated rings. The smallest absolute Gasteiger partial charge is 0.263 e. The molecule has 2 aromatic carbocycles. The van der Waals surface area contributed by atoms with Crippen LogP contribution in [0.15, 0.2) is 35.2 Å². The van der Waals surface area contributed by atoms with Crippen LogP contribution in [0.2, 0.25) is 5.02 Å². The number of ether oxygens (including phenoxy) is 3. The number of benzene rings is 2. The molecule has 2 aromatic rings. The number of fused-ring (bicyclic) bond motifs is 1. The molecule has 1 amide bonds. The maximum atomic E-state index is 12.9. The van der Waals surface area contributed by atoms with Crippen molar-refractivity contribution in [2.24, 2.45) is 0 Å². The summed E-state index contributed by atoms with van der Waals surface area (Å²) in [6.07, 6.45) is 0. The lowest BCUT2D eigenvalue weighted by Gasteiger charge is -2.29. The highest BCUT2D eigenvalue weighted by Crippen LogP contribution is 2.39. The van der Waals surface area contributed by atoms with Crippen LogP contribution >= 0.6 is 11.6 Å². The highest BCUT2D eigenvalue weighted by molar-refractivity contribution is 7.92. The van der Waals surface area contributed by atoms with Crippen molar-refractivity contribution in [2.45, 2.75) is 11.8 Å². The summed E-state index contributed by atoms with van der Waals surface area (Å²) in [5, 5.41) is -0.0298. The SMILES string of the molecule is COc1cc(NS(=O)(=O)c2cc3c(cc2Cl)N(C(C)=O)CCO3)cc(OC)c1. The van der Waals surface area contributed by atoms with E-state index in [1.165, 1.54) is 50.3 Å². The predicted octanol–water partition coefficient (Wildman–Crippen LogP) is 2.90. The maximum Gasteiger partial charge on any atom is 0.263 e. The second kappa shape index (κ2) is 7.76. The number of carbonyl (C=O) groups is 1. The topological polar surface area (TPSA) is 94.2 Å². The van der Waals surface area contributed by atoms with Crippen LogP contribution in [0.4, 0.5) is 11.4 Å². The Hall–Kier alpha value is -2.65. The van der Waals surface area contributed by atoms with Gasteiger partial charge in [0.25, 0.3) is 10.0 Å². The number of anilines is 2. The molecule has 3 rings (SSSR count). The fourth-order valence-electron chi connectivity index (χ4n) is 2.83. The molecule has 0 radical (unpaired) electrons. The maximum absolute atomic E-state index is 12.9. The van der Waals surface area contributed by atoms with E-state index >= 15 is 0 Å². The number of hydrogen-bond donors (Lipinski definition) is 1. The van der Waals surface area contributed by atoms with Crippen LogP contribution in [-0.2, 0) is 14.8 Å². The zero-order valence-corrected chi connectivity index (χ0v) is 17.1. The summed E-state index contributed by atoms with van der Waals surface area (Å²) in [5.41, 5.74) is 0.682. The Morgan fingerprint density at radius 2 is 1.79 bits per heavy atom. The van der Waals surface area contributed by atoms with Gasteiger partial charge in [-0.3, -0.25) is 9.52 Å². The van der Waals surface area contributed by atoms with Crippen molar-refractivity contribution < 1.29 is 27.4 Å². The van der Waals surface area contributed by atoms with Crippen LogP contribution < -0.4 is 23.8 Å². The van der Waals surface area contributed by atoms with E-state index in [2.05, 4.69) is 4.72 Å². The number of amides is 1. The average Bonchev–Trinajstić information content (AvgIpc) is 2.65. The highest BCUT2D eigenvalue weighted by Gasteiger charge is 2.27. The van der Waals surface area contributed by atoms with Crippen LogP contribution in [0.25, 0.3) is 0 Å². The van der Waals surface area contributed by atoms with Crippen molar-refractivity contribution >= 4 is 38.9 Å². The molecule has 1 heterocycles. The number of rotatable bonds is 5. The summed E-state index contributed by atoms with van der Waals surface area (Å²) in [4.78, 5) is 13.1. The standard InChI is InChI=1S/C18H19ClN2O6S/c1-11(22)21-4-5-27-17-10-18(15(19)9-16(17)21)28(23,24)20-12-6-13(25-2)8-14(7-12)26-3/h6-10,20H,4-5H2,1-3H3. The summed E-state index contributed by atoms with van der Waals surface area (Å²) in [7, 11) is -1.11. The number of nitrogens with zero attached hydrogens (tertiary/aromatic N) is 1. The minimum atomic E-state index is -4.04. The molecule has 0 unspecified atom stereocenters. The molecule has 1 aliphatic heterocycles. The second-order valence-electron chi connectivity index (χ2n) is 5.98. The van der Waals surface area contributed by atoms with Gasteiger partial charge in [0.1, 0.15) is 28.8 Å². The summed E-state index contributed by atoms with van der Waals surface area (Å²) in [5.74, 6) is 0.940. The quantitative estimate of drug-likeness (QED) is 0.790. The molecular weight excluding hydrogens is 408 g/mol. The minimum Gasteiger partial charge on any atom is -0.497 e. The van der Waals surface area contributed by atoms with E-state index < -0.39 is 10.0 Å². The summed E-state index contributed by atoms with van der Waals surface area (Å²) in [6.45, 7) is 2.05. The van der Waals surface area contributed by atoms with Crippen LogP contribution in [0.1, 0.15) is 6.92 Å². The van der Waals surface area contributed by atoms with Gasteiger partial charge in [-0.1, -0.05) is 11.6 Å². The number of nitrogens with one attached hydrogen (secondary N) is 1. The predicted molar refractivity (Wildman–Crippen MR) is 105 cm³/mol. The Balaban J connectivity index is 2.00. The van der Waals surface area contributed by atoms with Crippen LogP contribution in [0, 0.1) is 0 Å². The van der Waals surface area contributed by atoms with Gasteiger partial charge >= 0.3 is 0 Å². The van der Waals surface area contributed by atoms with Gasteiger partial charge < -0.3 is 19.1 Å². The van der Waals surface area contributed by atoms with Gasteiger partial charge in [-0.2, -0.15) is 0 Å². The first-order valence-electron chi connectivity index (χ1n) is 8.25. The first-order valence-corrected chi connectivity index (χ1v) is 10.1. The second-order valence-corrected chi connectivity index (χ2v) is 8.03. The molecule has 0 bridgehead atoms. The molecule has 0 saturated heterocycles. The van der Waals surface area contributed by atoms with Crippen molar-refractivity contribution in [3.63, 3.8) is 0 Å². The number of sulfonamides is 1. The Labute approximate surface area is 168 Å². The Morgan fingerprint density at radius 3 is 2.36 bits per heavy atom. The fraction of sp³-hybridized carbons (Fsp3) is 0.278. The van der Waals surface area contributed by atoms with E-state index in [1.807, 2.05) is 0 Å². The number of methoxy groups -OCH3 is 2. The van der Waals surface area contributed by atoms with Gasteiger partial charge in [0, 0.05) is 31.2 Å². The number of carbonyl (C=O) groups excluding carboxylic acids is 1. The molecule has 0 aliphatic carbocycles. The van der Waals surface area contributed by atoms with E-state index in [9.17, 15) is 13.2 Å². The Morgan fingerprint density at radius 1 is 1.14 bits per heavy atom. The monoisotopic (exact) mass is 426 g/mol. The summed E-state index contributed by atoms with van der Waals surface area (Å²) >= 11 is 6.24. The normalized spacial score (nSPS) is 13.4. The first-order chi connectivity index (χ1) is 13.2. The molecular formula is C18H19ClN2O6S. The first kappa shape index (κ1) is 20.1. The van der Waals surface area contributed by atoms with E-state index in [1.54, 1.807) is 6.07 Å². The molecule has 0 spiro atoms. The van der Waals surface area contributed by atoms with Gasteiger partial charge in [-0.25, -0.2) is 8.42 Å². The molecule has 150 valence electrons. The number of halogens is 1. The van der Waals surface area contributed by atoms with E-state index in [0.29, 0.717) is 23.7 Å². The van der Waals surface area contributed by atoms with Crippen LogP contribution in [0.5, 0.6) is 17.2 Å². The molecule has 0 aromatic heterocycles. The molecule has 0 atom stereocenters. The van der Waals surface area contributed by atoms with Crippen LogP contribution in [0.3, 0.4) is 0 Å². The van der Waals surface area contributed by atoms with Gasteiger partial charge in [0.15, 0.2) is 0 Å². The van der Waals surface area contributed by atoms with E-state index in [-0.39, 0.29) is 33.9 Å². The van der Waals surface area contributed by atoms with Crippen molar-refractivity contribution in [1.82, 2.24) is 0 Å². The summed E-state index contributed by atoms with van der Waals surface area (Å²) in [6, 6.07) is 7.37. The Kier molecular flexibility index (Phi) is 5.57. The lowest BCUT2D eigenvalue weighted by atomic mass is 10.2. The third-order valence-electron chi connectivity index (χ3n) is 4.15. The third kappa shape index (κ3) is 3.95. The van der Waals surface area contributed by atoms with Gasteiger partial charge in [0.05, 0.1) is 37.2 Å². The van der Waals surface area contributed by atoms with E-state index in [0.717, 1.165) is 0 Å². The Bertz CT molecular complexity index is 1000. The molecule has 10 heteroatoms. The van der Waals surface area contributed by atoms with Crippen molar-refractivity contribution in [3.05, 3.63) is 35.4 Å². The van der Waals surface area contributed by atoms with Gasteiger partial charge in [-0.05, 0) is 6.07 Å². The molecule has 28 heavy (non-hydrogen) atoms. The zero-order chi connectivity index (χ0) is 20.5. The fourth-order valence-corrected chi connectivity index (χ4v) is 4.41. The minimum absolute atomic E-state index is 0.0298. The zero-order valence-electron chi connectivity index (χ0n) is 15.5. The molecule has 0 saturated carbocycles. The van der Waals surface area contributed by atoms with E-state index in [4.69, 9.17) is 25.8 Å². The van der Waals surface area contributed by atoms with Crippen molar-refractivity contribution in [1.29, 1.82) is 0 Å². The van der Waals surface area contributed by atoms with Gasteiger partial charge in [0.2, 0.25) is 5.91 Å². The number of hydrogen-bond acceptors (Lipinski definition) is 6. The van der Waals surface area contributed by atoms with Crippen LogP contribution in [-0.4, -0.2) is 41.7 Å². The lowest BCUT2D eigenvalue weighted by Crippen LogP contribution is -2.36. The van der Waals surface area contributed by atoms with Crippen molar-refractivity contribution in [2.75, 3.05) is 37.0 Å². The average molecular weight is 427 g/mol. The highest BCUT2D eigenvalue weighted by atomic mass is 35.5. The molecule has 1 N–H and O–H groups in total. The largest absolute Gasteiger partial charge is 0.497 e. The van der Waals surface area contributed by atoms with Gasteiger partial charge in [-0.15, -0.1) is 0 Å². The third-order valence-corrected chi connectivity index (χ3v) is 6.00.